The SMILES string of the molecule is CC(C)Cc1cc(-c2[c-]ccc3c2oc2ccccc23)ncc1[Si](C)(C)C.C[Si](C)(C)c1ccc(-c2[c-]cccc2)nc1.[Ir]. The molecule has 6 heteroatoms. The zero-order chi connectivity index (χ0) is 30.8. The minimum absolute atomic E-state index is 0. The van der Waals surface area contributed by atoms with E-state index in [4.69, 9.17) is 9.40 Å². The van der Waals surface area contributed by atoms with Gasteiger partial charge in [0, 0.05) is 37.9 Å². The molecule has 6 aromatic rings. The number of benzene rings is 3. The van der Waals surface area contributed by atoms with Crippen molar-refractivity contribution in [2.24, 2.45) is 5.92 Å². The van der Waals surface area contributed by atoms with Gasteiger partial charge in [0.1, 0.15) is 5.58 Å². The molecule has 0 N–H and O–H groups in total. The molecule has 6 rings (SSSR count). The van der Waals surface area contributed by atoms with Crippen molar-refractivity contribution in [1.29, 1.82) is 0 Å². The molecule has 3 heterocycles. The van der Waals surface area contributed by atoms with Crippen LogP contribution in [0.15, 0.2) is 95.7 Å². The van der Waals surface area contributed by atoms with Crippen molar-refractivity contribution in [1.82, 2.24) is 9.97 Å². The number of nitrogens with zero attached hydrogens (tertiary/aromatic N) is 2. The number of fused-ring (bicyclic) bond motifs is 3. The number of furan rings is 1. The van der Waals surface area contributed by atoms with Gasteiger partial charge in [0.15, 0.2) is 0 Å². The van der Waals surface area contributed by atoms with Crippen molar-refractivity contribution in [2.45, 2.75) is 59.6 Å². The van der Waals surface area contributed by atoms with Gasteiger partial charge < -0.3 is 14.4 Å². The summed E-state index contributed by atoms with van der Waals surface area (Å²) in [5, 5.41) is 5.12. The quantitative estimate of drug-likeness (QED) is 0.125. The Morgan fingerprint density at radius 2 is 1.45 bits per heavy atom. The van der Waals surface area contributed by atoms with E-state index >= 15 is 0 Å². The molecular formula is C38H42IrN2OSi2-2. The molecule has 0 saturated carbocycles. The largest absolute Gasteiger partial charge is 0.501 e. The summed E-state index contributed by atoms with van der Waals surface area (Å²) < 4.78 is 6.19. The number of rotatable bonds is 6. The van der Waals surface area contributed by atoms with Gasteiger partial charge in [-0.1, -0.05) is 106 Å². The average molecular weight is 791 g/mol. The van der Waals surface area contributed by atoms with Gasteiger partial charge in [-0.25, -0.2) is 0 Å². The van der Waals surface area contributed by atoms with Gasteiger partial charge in [-0.2, -0.15) is 0 Å². The van der Waals surface area contributed by atoms with Crippen LogP contribution in [-0.4, -0.2) is 26.1 Å². The fourth-order valence-corrected chi connectivity index (χ4v) is 7.97. The molecule has 3 aromatic carbocycles. The molecule has 0 aliphatic rings. The van der Waals surface area contributed by atoms with Crippen molar-refractivity contribution in [3.63, 3.8) is 0 Å². The summed E-state index contributed by atoms with van der Waals surface area (Å²) in [6, 6.07) is 33.3. The van der Waals surface area contributed by atoms with E-state index in [1.54, 1.807) is 0 Å². The molecule has 3 nitrogen and oxygen atoms in total. The van der Waals surface area contributed by atoms with Crippen LogP contribution in [0.5, 0.6) is 0 Å². The molecule has 0 aliphatic carbocycles. The Morgan fingerprint density at radius 3 is 2.09 bits per heavy atom. The number of hydrogen-bond acceptors (Lipinski definition) is 3. The second-order valence-electron chi connectivity index (χ2n) is 13.7. The third-order valence-electron chi connectivity index (χ3n) is 7.64. The molecule has 0 fully saturated rings. The van der Waals surface area contributed by atoms with Gasteiger partial charge in [-0.05, 0) is 40.2 Å². The van der Waals surface area contributed by atoms with Crippen LogP contribution in [0.4, 0.5) is 0 Å². The number of pyridine rings is 2. The van der Waals surface area contributed by atoms with Gasteiger partial charge >= 0.3 is 0 Å². The normalized spacial score (nSPS) is 11.8. The maximum Gasteiger partial charge on any atom is 0.120 e. The second kappa shape index (κ2) is 13.9. The van der Waals surface area contributed by atoms with Gasteiger partial charge in [-0.15, -0.1) is 54.1 Å². The minimum atomic E-state index is -1.44. The first-order valence-corrected chi connectivity index (χ1v) is 22.2. The Labute approximate surface area is 278 Å². The van der Waals surface area contributed by atoms with E-state index in [1.807, 2.05) is 48.7 Å². The van der Waals surface area contributed by atoms with Crippen LogP contribution >= 0.6 is 0 Å². The van der Waals surface area contributed by atoms with Crippen molar-refractivity contribution in [3.05, 3.63) is 109 Å². The summed E-state index contributed by atoms with van der Waals surface area (Å²) in [7, 11) is -2.67. The Morgan fingerprint density at radius 1 is 0.727 bits per heavy atom. The zero-order valence-electron chi connectivity index (χ0n) is 27.1. The first-order valence-electron chi connectivity index (χ1n) is 15.2. The molecule has 0 atom stereocenters. The van der Waals surface area contributed by atoms with E-state index in [1.165, 1.54) is 15.9 Å². The molecule has 0 bridgehead atoms. The van der Waals surface area contributed by atoms with Gasteiger partial charge in [0.25, 0.3) is 0 Å². The summed E-state index contributed by atoms with van der Waals surface area (Å²) in [6.45, 7) is 18.7. The molecule has 1 radical (unpaired) electrons. The molecular weight excluding hydrogens is 749 g/mol. The average Bonchev–Trinajstić information content (AvgIpc) is 3.36. The summed E-state index contributed by atoms with van der Waals surface area (Å²) in [5.74, 6) is 0.612. The van der Waals surface area contributed by atoms with E-state index in [9.17, 15) is 0 Å². The molecule has 229 valence electrons. The first-order chi connectivity index (χ1) is 20.4. The van der Waals surface area contributed by atoms with Crippen LogP contribution in [0.1, 0.15) is 19.4 Å². The van der Waals surface area contributed by atoms with Gasteiger partial charge in [0.2, 0.25) is 0 Å². The predicted octanol–water partition coefficient (Wildman–Crippen LogP) is 9.28. The van der Waals surface area contributed by atoms with Crippen LogP contribution in [0.3, 0.4) is 0 Å². The van der Waals surface area contributed by atoms with Crippen molar-refractivity contribution < 1.29 is 24.5 Å². The number of para-hydroxylation sites is 1. The third kappa shape index (κ3) is 7.73. The van der Waals surface area contributed by atoms with E-state index in [-0.39, 0.29) is 20.1 Å². The van der Waals surface area contributed by atoms with Crippen molar-refractivity contribution in [3.8, 4) is 22.5 Å². The fraction of sp³-hybridized carbons (Fsp3) is 0.263. The fourth-order valence-electron chi connectivity index (χ4n) is 5.35. The van der Waals surface area contributed by atoms with Gasteiger partial charge in [0.05, 0.1) is 21.7 Å². The Bertz CT molecular complexity index is 1830. The molecule has 0 amide bonds. The summed E-state index contributed by atoms with van der Waals surface area (Å²) in [6.07, 6.45) is 5.20. The van der Waals surface area contributed by atoms with E-state index < -0.39 is 16.1 Å². The third-order valence-corrected chi connectivity index (χ3v) is 11.7. The summed E-state index contributed by atoms with van der Waals surface area (Å²) in [5.41, 5.74) is 7.19. The van der Waals surface area contributed by atoms with Crippen LogP contribution in [0.2, 0.25) is 39.3 Å². The molecule has 0 aliphatic heterocycles. The Kier molecular flexibility index (Phi) is 10.6. The number of hydrogen-bond donors (Lipinski definition) is 0. The second-order valence-corrected chi connectivity index (χ2v) is 23.8. The summed E-state index contributed by atoms with van der Waals surface area (Å²) >= 11 is 0. The summed E-state index contributed by atoms with van der Waals surface area (Å²) in [4.78, 5) is 9.37. The molecule has 0 saturated heterocycles. The molecule has 44 heavy (non-hydrogen) atoms. The van der Waals surface area contributed by atoms with Crippen molar-refractivity contribution >= 4 is 48.5 Å². The maximum absolute atomic E-state index is 6.19. The minimum Gasteiger partial charge on any atom is -0.501 e. The molecule has 0 spiro atoms. The molecule has 3 aromatic heterocycles. The molecule has 0 unspecified atom stereocenters. The standard InChI is InChI=1S/C24H26NOSi.C14H16NSi.Ir/c1-16(2)13-17-14-21(25-15-23(17)27(3,4)5)20-11-8-10-19-18-9-6-7-12-22(18)26-24(19)20;1-16(2,3)13-9-10-14(15-11-13)12-7-5-4-6-8-12;/h6-10,12,14-16H,13H2,1-5H3;4-7,9-11H,1-3H3;/q2*-1;. The van der Waals surface area contributed by atoms with E-state index in [0.29, 0.717) is 5.92 Å². The van der Waals surface area contributed by atoms with Crippen LogP contribution < -0.4 is 10.4 Å². The maximum atomic E-state index is 6.19. The van der Waals surface area contributed by atoms with Crippen molar-refractivity contribution in [2.75, 3.05) is 0 Å². The number of aromatic nitrogens is 2. The predicted molar refractivity (Wildman–Crippen MR) is 189 cm³/mol. The zero-order valence-corrected chi connectivity index (χ0v) is 31.5. The van der Waals surface area contributed by atoms with Crippen LogP contribution in [-0.2, 0) is 26.5 Å². The van der Waals surface area contributed by atoms with Crippen LogP contribution in [0.25, 0.3) is 44.5 Å². The van der Waals surface area contributed by atoms with E-state index in [2.05, 4.69) is 113 Å². The monoisotopic (exact) mass is 791 g/mol. The smallest absolute Gasteiger partial charge is 0.120 e. The van der Waals surface area contributed by atoms with Crippen LogP contribution in [0, 0.1) is 18.1 Å². The van der Waals surface area contributed by atoms with E-state index in [0.717, 1.165) is 50.9 Å². The van der Waals surface area contributed by atoms with Gasteiger partial charge in [-0.3, -0.25) is 0 Å². The topological polar surface area (TPSA) is 38.9 Å². The Hall–Kier alpha value is -3.16. The first kappa shape index (κ1) is 33.7. The Balaban J connectivity index is 0.000000223.